The molecule has 1 aliphatic heterocycles. The predicted octanol–water partition coefficient (Wildman–Crippen LogP) is 2.11. The maximum atomic E-state index is 12.7. The molecule has 0 saturated heterocycles. The molecule has 7 heteroatoms. The van der Waals surface area contributed by atoms with Crippen molar-refractivity contribution in [2.75, 3.05) is 13.1 Å². The summed E-state index contributed by atoms with van der Waals surface area (Å²) in [5.74, 6) is -1.41. The number of hydrogen-bond donors (Lipinski definition) is 3. The van der Waals surface area contributed by atoms with Gasteiger partial charge in [0.2, 0.25) is 5.91 Å². The normalized spacial score (nSPS) is 13.2. The zero-order chi connectivity index (χ0) is 20.4. The molecule has 2 amide bonds. The van der Waals surface area contributed by atoms with E-state index in [1.165, 1.54) is 0 Å². The van der Waals surface area contributed by atoms with Gasteiger partial charge in [-0.15, -0.1) is 0 Å². The van der Waals surface area contributed by atoms with Crippen LogP contribution < -0.4 is 5.32 Å². The molecule has 1 aromatic heterocycles. The van der Waals surface area contributed by atoms with Crippen LogP contribution in [-0.2, 0) is 29.0 Å². The number of carbonyl (C=O) groups excluding carboxylic acids is 2. The third-order valence-electron chi connectivity index (χ3n) is 5.19. The van der Waals surface area contributed by atoms with Gasteiger partial charge in [-0.1, -0.05) is 30.3 Å². The second-order valence-electron chi connectivity index (χ2n) is 7.15. The monoisotopic (exact) mass is 391 g/mol. The average molecular weight is 391 g/mol. The number of carbonyl (C=O) groups is 3. The van der Waals surface area contributed by atoms with Crippen molar-refractivity contribution in [3.63, 3.8) is 0 Å². The summed E-state index contributed by atoms with van der Waals surface area (Å²) >= 11 is 0. The summed E-state index contributed by atoms with van der Waals surface area (Å²) in [6, 6.07) is 15.0. The van der Waals surface area contributed by atoms with Gasteiger partial charge in [-0.05, 0) is 35.7 Å². The molecule has 0 unspecified atom stereocenters. The predicted molar refractivity (Wildman–Crippen MR) is 108 cm³/mol. The van der Waals surface area contributed by atoms with E-state index in [2.05, 4.69) is 10.3 Å². The number of aromatic nitrogens is 1. The number of amides is 2. The Morgan fingerprint density at radius 3 is 2.66 bits per heavy atom. The molecule has 2 aromatic carbocycles. The first-order valence-corrected chi connectivity index (χ1v) is 9.46. The smallest absolute Gasteiger partial charge is 0.322 e. The van der Waals surface area contributed by atoms with E-state index in [9.17, 15) is 14.4 Å². The molecular formula is C22H21N3O4. The van der Waals surface area contributed by atoms with E-state index in [1.54, 1.807) is 12.1 Å². The third-order valence-corrected chi connectivity index (χ3v) is 5.19. The number of aromatic amines is 1. The van der Waals surface area contributed by atoms with Gasteiger partial charge in [0.25, 0.3) is 5.91 Å². The minimum Gasteiger partial charge on any atom is -0.480 e. The molecule has 7 nitrogen and oxygen atoms in total. The molecule has 3 N–H and O–H groups in total. The largest absolute Gasteiger partial charge is 0.480 e. The van der Waals surface area contributed by atoms with E-state index < -0.39 is 18.4 Å². The molecule has 0 radical (unpaired) electrons. The maximum Gasteiger partial charge on any atom is 0.322 e. The lowest BCUT2D eigenvalue weighted by atomic mass is 10.0. The van der Waals surface area contributed by atoms with Crippen LogP contribution in [0.5, 0.6) is 0 Å². The molecule has 0 saturated carbocycles. The van der Waals surface area contributed by atoms with Crippen LogP contribution >= 0.6 is 0 Å². The number of hydrogen-bond acceptors (Lipinski definition) is 3. The van der Waals surface area contributed by atoms with Crippen LogP contribution in [0.4, 0.5) is 0 Å². The van der Waals surface area contributed by atoms with Gasteiger partial charge in [0.15, 0.2) is 0 Å². The zero-order valence-corrected chi connectivity index (χ0v) is 15.8. The molecule has 1 aliphatic rings. The molecule has 4 rings (SSSR count). The Hall–Kier alpha value is -3.61. The third kappa shape index (κ3) is 3.99. The Bertz CT molecular complexity index is 1090. The highest BCUT2D eigenvalue weighted by atomic mass is 16.4. The van der Waals surface area contributed by atoms with E-state index in [1.807, 2.05) is 41.3 Å². The van der Waals surface area contributed by atoms with Gasteiger partial charge in [0.1, 0.15) is 6.54 Å². The van der Waals surface area contributed by atoms with Crippen molar-refractivity contribution < 1.29 is 19.5 Å². The van der Waals surface area contributed by atoms with E-state index in [4.69, 9.17) is 5.11 Å². The minimum absolute atomic E-state index is 0.0919. The summed E-state index contributed by atoms with van der Waals surface area (Å²) in [7, 11) is 0. The Balaban J connectivity index is 1.52. The summed E-state index contributed by atoms with van der Waals surface area (Å²) < 4.78 is 0. The van der Waals surface area contributed by atoms with Crippen LogP contribution in [0.25, 0.3) is 10.9 Å². The Labute approximate surface area is 167 Å². The van der Waals surface area contributed by atoms with Crippen LogP contribution in [0.2, 0.25) is 0 Å². The van der Waals surface area contributed by atoms with Gasteiger partial charge in [-0.3, -0.25) is 14.4 Å². The number of H-pyrrole nitrogens is 1. The fourth-order valence-corrected chi connectivity index (χ4v) is 3.74. The molecule has 0 aliphatic carbocycles. The van der Waals surface area contributed by atoms with Crippen LogP contribution in [-0.4, -0.2) is 45.9 Å². The lowest BCUT2D eigenvalue weighted by molar-refractivity contribution is -0.136. The lowest BCUT2D eigenvalue weighted by Gasteiger charge is -2.27. The van der Waals surface area contributed by atoms with Crippen LogP contribution in [0.15, 0.2) is 48.5 Å². The van der Waals surface area contributed by atoms with Crippen molar-refractivity contribution in [2.24, 2.45) is 0 Å². The quantitative estimate of drug-likeness (QED) is 0.620. The van der Waals surface area contributed by atoms with Gasteiger partial charge >= 0.3 is 5.97 Å². The molecule has 3 aromatic rings. The van der Waals surface area contributed by atoms with Crippen molar-refractivity contribution in [1.82, 2.24) is 15.2 Å². The highest BCUT2D eigenvalue weighted by Crippen LogP contribution is 2.28. The van der Waals surface area contributed by atoms with Crippen molar-refractivity contribution in [1.29, 1.82) is 0 Å². The summed E-state index contributed by atoms with van der Waals surface area (Å²) in [5.41, 5.74) is 4.41. The summed E-state index contributed by atoms with van der Waals surface area (Å²) in [4.78, 5) is 40.7. The summed E-state index contributed by atoms with van der Waals surface area (Å²) in [6.45, 7) is 0.720. The van der Waals surface area contributed by atoms with E-state index in [0.29, 0.717) is 31.5 Å². The molecule has 0 fully saturated rings. The van der Waals surface area contributed by atoms with Crippen LogP contribution in [0.1, 0.15) is 27.2 Å². The number of carboxylic acids is 1. The molecule has 29 heavy (non-hydrogen) atoms. The minimum atomic E-state index is -1.08. The van der Waals surface area contributed by atoms with Gasteiger partial charge < -0.3 is 20.3 Å². The Morgan fingerprint density at radius 2 is 1.90 bits per heavy atom. The molecule has 0 atom stereocenters. The lowest BCUT2D eigenvalue weighted by Crippen LogP contribution is -2.36. The van der Waals surface area contributed by atoms with Gasteiger partial charge in [0, 0.05) is 28.7 Å². The molecule has 148 valence electrons. The number of rotatable bonds is 5. The SMILES string of the molecule is O=C(O)CNC(=O)c1ccc2[nH]c3c(c2c1)CCN(C(=O)Cc1ccccc1)C3. The van der Waals surface area contributed by atoms with Crippen molar-refractivity contribution in [2.45, 2.75) is 19.4 Å². The van der Waals surface area contributed by atoms with Crippen LogP contribution in [0, 0.1) is 0 Å². The standard InChI is InChI=1S/C22H21N3O4/c26-20(10-14-4-2-1-3-5-14)25-9-8-16-17-11-15(22(29)23-12-21(27)28)6-7-18(17)24-19(16)13-25/h1-7,11,24H,8-10,12-13H2,(H,23,29)(H,27,28). The Morgan fingerprint density at radius 1 is 1.10 bits per heavy atom. The van der Waals surface area contributed by atoms with Gasteiger partial charge in [-0.2, -0.15) is 0 Å². The fourth-order valence-electron chi connectivity index (χ4n) is 3.74. The fraction of sp³-hybridized carbons (Fsp3) is 0.227. The zero-order valence-electron chi connectivity index (χ0n) is 15.8. The number of aliphatic carboxylic acids is 1. The van der Waals surface area contributed by atoms with E-state index in [-0.39, 0.29) is 5.91 Å². The maximum absolute atomic E-state index is 12.7. The number of nitrogens with zero attached hydrogens (tertiary/aromatic N) is 1. The van der Waals surface area contributed by atoms with Gasteiger partial charge in [0.05, 0.1) is 13.0 Å². The average Bonchev–Trinajstić information content (AvgIpc) is 3.09. The van der Waals surface area contributed by atoms with Crippen molar-refractivity contribution in [3.05, 3.63) is 70.9 Å². The second kappa shape index (κ2) is 7.79. The Kier molecular flexibility index (Phi) is 5.03. The van der Waals surface area contributed by atoms with Gasteiger partial charge in [-0.25, -0.2) is 0 Å². The number of benzene rings is 2. The number of nitrogens with one attached hydrogen (secondary N) is 2. The molecule has 0 bridgehead atoms. The molecule has 2 heterocycles. The first kappa shape index (κ1) is 18.7. The summed E-state index contributed by atoms with van der Waals surface area (Å²) in [5, 5.41) is 12.0. The van der Waals surface area contributed by atoms with E-state index in [0.717, 1.165) is 27.7 Å². The molecule has 0 spiro atoms. The first-order valence-electron chi connectivity index (χ1n) is 9.46. The highest BCUT2D eigenvalue weighted by Gasteiger charge is 2.24. The number of carboxylic acid groups (broad SMARTS) is 1. The summed E-state index contributed by atoms with van der Waals surface area (Å²) in [6.07, 6.45) is 1.08. The van der Waals surface area contributed by atoms with E-state index >= 15 is 0 Å². The van der Waals surface area contributed by atoms with Crippen molar-refractivity contribution in [3.8, 4) is 0 Å². The van der Waals surface area contributed by atoms with Crippen LogP contribution in [0.3, 0.4) is 0 Å². The first-order chi connectivity index (χ1) is 14.0. The second-order valence-corrected chi connectivity index (χ2v) is 7.15. The topological polar surface area (TPSA) is 102 Å². The molecular weight excluding hydrogens is 370 g/mol. The van der Waals surface area contributed by atoms with Crippen molar-refractivity contribution >= 4 is 28.7 Å². The number of fused-ring (bicyclic) bond motifs is 3. The highest BCUT2D eigenvalue weighted by molar-refractivity contribution is 6.00.